The van der Waals surface area contributed by atoms with Crippen LogP contribution in [0.1, 0.15) is 12.5 Å². The molecule has 2 aromatic rings. The molecule has 17 heavy (non-hydrogen) atoms. The van der Waals surface area contributed by atoms with E-state index in [1.54, 1.807) is 0 Å². The molecule has 0 spiro atoms. The molecule has 0 unspecified atom stereocenters. The minimum absolute atomic E-state index is 0.211. The van der Waals surface area contributed by atoms with Gasteiger partial charge in [-0.05, 0) is 12.5 Å². The second-order valence-electron chi connectivity index (χ2n) is 4.38. The van der Waals surface area contributed by atoms with Gasteiger partial charge in [0.15, 0.2) is 0 Å². The number of aryl methyl sites for hydroxylation is 1. The number of hydrogen-bond donors (Lipinski definition) is 0. The molecule has 0 N–H and O–H groups in total. The van der Waals surface area contributed by atoms with E-state index in [1.165, 1.54) is 5.56 Å². The average Bonchev–Trinajstić information content (AvgIpc) is 2.73. The number of imidazole rings is 1. The van der Waals surface area contributed by atoms with Crippen molar-refractivity contribution in [3.63, 3.8) is 0 Å². The first kappa shape index (κ1) is 11.9. The van der Waals surface area contributed by atoms with Crippen LogP contribution < -0.4 is 4.57 Å². The first-order valence-electron chi connectivity index (χ1n) is 5.90. The molecule has 0 aliphatic carbocycles. The van der Waals surface area contributed by atoms with Gasteiger partial charge in [-0.15, -0.1) is 0 Å². The van der Waals surface area contributed by atoms with Crippen LogP contribution in [0.5, 0.6) is 0 Å². The number of nitrogens with zero attached hydrogens (tertiary/aromatic N) is 2. The second-order valence-corrected chi connectivity index (χ2v) is 4.38. The third kappa shape index (κ3) is 3.71. The zero-order valence-corrected chi connectivity index (χ0v) is 10.4. The summed E-state index contributed by atoms with van der Waals surface area (Å²) >= 11 is 0. The molecule has 3 nitrogen and oxygen atoms in total. The number of hydrogen-bond acceptors (Lipinski definition) is 1. The molecular formula is C14H19N2O+. The Bertz CT molecular complexity index is 450. The molecule has 0 saturated heterocycles. The van der Waals surface area contributed by atoms with E-state index in [-0.39, 0.29) is 6.10 Å². The van der Waals surface area contributed by atoms with Gasteiger partial charge in [-0.2, -0.15) is 0 Å². The summed E-state index contributed by atoms with van der Waals surface area (Å²) < 4.78 is 9.98. The van der Waals surface area contributed by atoms with Gasteiger partial charge < -0.3 is 4.74 Å². The van der Waals surface area contributed by atoms with Gasteiger partial charge in [-0.25, -0.2) is 9.13 Å². The van der Waals surface area contributed by atoms with Crippen LogP contribution in [0.15, 0.2) is 49.1 Å². The first-order valence-corrected chi connectivity index (χ1v) is 5.90. The minimum Gasteiger partial charge on any atom is -0.370 e. The van der Waals surface area contributed by atoms with Gasteiger partial charge in [0.25, 0.3) is 0 Å². The standard InChI is InChI=1S/C14H19N2O/c1-13(10-16-9-8-15(2)12-16)17-11-14-6-4-3-5-7-14/h3-9,12-13H,10-11H2,1-2H3/q+1/t13-/m0/s1. The van der Waals surface area contributed by atoms with E-state index in [0.717, 1.165) is 6.54 Å². The largest absolute Gasteiger partial charge is 0.370 e. The molecule has 1 aromatic carbocycles. The lowest BCUT2D eigenvalue weighted by atomic mass is 10.2. The SMILES string of the molecule is C[C@@H](Cn1cc[n+](C)c1)OCc1ccccc1. The van der Waals surface area contributed by atoms with E-state index in [1.807, 2.05) is 36.0 Å². The summed E-state index contributed by atoms with van der Waals surface area (Å²) in [7, 11) is 2.02. The van der Waals surface area contributed by atoms with E-state index in [9.17, 15) is 0 Å². The van der Waals surface area contributed by atoms with Crippen molar-refractivity contribution < 1.29 is 9.30 Å². The van der Waals surface area contributed by atoms with Crippen molar-refractivity contribution in [1.29, 1.82) is 0 Å². The Morgan fingerprint density at radius 2 is 2.06 bits per heavy atom. The molecule has 1 atom stereocenters. The van der Waals surface area contributed by atoms with E-state index in [2.05, 4.69) is 36.1 Å². The molecule has 0 aliphatic rings. The third-order valence-electron chi connectivity index (χ3n) is 2.67. The third-order valence-corrected chi connectivity index (χ3v) is 2.67. The average molecular weight is 231 g/mol. The fourth-order valence-corrected chi connectivity index (χ4v) is 1.77. The summed E-state index contributed by atoms with van der Waals surface area (Å²) in [5.74, 6) is 0. The Morgan fingerprint density at radius 3 is 2.71 bits per heavy atom. The molecule has 0 saturated carbocycles. The van der Waals surface area contributed by atoms with Crippen LogP contribution in [0.2, 0.25) is 0 Å². The highest BCUT2D eigenvalue weighted by molar-refractivity contribution is 5.13. The van der Waals surface area contributed by atoms with Gasteiger partial charge in [0.1, 0.15) is 18.9 Å². The van der Waals surface area contributed by atoms with Crippen molar-refractivity contribution >= 4 is 0 Å². The minimum atomic E-state index is 0.211. The quantitative estimate of drug-likeness (QED) is 0.719. The van der Waals surface area contributed by atoms with Crippen molar-refractivity contribution in [3.8, 4) is 0 Å². The predicted octanol–water partition coefficient (Wildman–Crippen LogP) is 1.92. The number of aromatic nitrogens is 2. The highest BCUT2D eigenvalue weighted by atomic mass is 16.5. The molecule has 1 aromatic heterocycles. The van der Waals surface area contributed by atoms with Crippen LogP contribution >= 0.6 is 0 Å². The molecule has 0 radical (unpaired) electrons. The Kier molecular flexibility index (Phi) is 3.94. The molecule has 2 rings (SSSR count). The van der Waals surface area contributed by atoms with Crippen LogP contribution in [0.25, 0.3) is 0 Å². The van der Waals surface area contributed by atoms with E-state index < -0.39 is 0 Å². The highest BCUT2D eigenvalue weighted by Gasteiger charge is 2.08. The number of rotatable bonds is 5. The highest BCUT2D eigenvalue weighted by Crippen LogP contribution is 2.04. The summed E-state index contributed by atoms with van der Waals surface area (Å²) in [6, 6.07) is 10.3. The summed E-state index contributed by atoms with van der Waals surface area (Å²) in [6.45, 7) is 3.66. The normalized spacial score (nSPS) is 12.6. The van der Waals surface area contributed by atoms with Crippen molar-refractivity contribution in [2.24, 2.45) is 7.05 Å². The molecule has 0 aliphatic heterocycles. The molecule has 0 bridgehead atoms. The summed E-state index contributed by atoms with van der Waals surface area (Å²) in [5, 5.41) is 0. The maximum absolute atomic E-state index is 5.81. The Balaban J connectivity index is 1.80. The van der Waals surface area contributed by atoms with Crippen LogP contribution in [0, 0.1) is 0 Å². The Hall–Kier alpha value is -1.61. The van der Waals surface area contributed by atoms with Gasteiger partial charge >= 0.3 is 0 Å². The summed E-state index contributed by atoms with van der Waals surface area (Å²) in [4.78, 5) is 0. The lowest BCUT2D eigenvalue weighted by Gasteiger charge is -2.10. The van der Waals surface area contributed by atoms with Gasteiger partial charge in [-0.3, -0.25) is 0 Å². The van der Waals surface area contributed by atoms with Crippen molar-refractivity contribution in [1.82, 2.24) is 4.57 Å². The number of benzene rings is 1. The van der Waals surface area contributed by atoms with Crippen molar-refractivity contribution in [2.45, 2.75) is 26.2 Å². The zero-order chi connectivity index (χ0) is 12.1. The van der Waals surface area contributed by atoms with Gasteiger partial charge in [0, 0.05) is 0 Å². The predicted molar refractivity (Wildman–Crippen MR) is 66.3 cm³/mol. The zero-order valence-electron chi connectivity index (χ0n) is 10.4. The van der Waals surface area contributed by atoms with Crippen LogP contribution in [0.3, 0.4) is 0 Å². The fourth-order valence-electron chi connectivity index (χ4n) is 1.77. The van der Waals surface area contributed by atoms with Gasteiger partial charge in [0.2, 0.25) is 6.33 Å². The van der Waals surface area contributed by atoms with Crippen molar-refractivity contribution in [2.75, 3.05) is 0 Å². The van der Waals surface area contributed by atoms with Gasteiger partial charge in [-0.1, -0.05) is 30.3 Å². The fraction of sp³-hybridized carbons (Fsp3) is 0.357. The number of ether oxygens (including phenoxy) is 1. The maximum Gasteiger partial charge on any atom is 0.243 e. The van der Waals surface area contributed by atoms with Crippen molar-refractivity contribution in [3.05, 3.63) is 54.6 Å². The van der Waals surface area contributed by atoms with Gasteiger partial charge in [0.05, 0.1) is 19.8 Å². The molecule has 0 amide bonds. The smallest absolute Gasteiger partial charge is 0.243 e. The van der Waals surface area contributed by atoms with Crippen LogP contribution in [-0.2, 0) is 24.9 Å². The molecule has 0 fully saturated rings. The summed E-state index contributed by atoms with van der Waals surface area (Å²) in [6.07, 6.45) is 6.36. The lowest BCUT2D eigenvalue weighted by molar-refractivity contribution is -0.671. The Labute approximate surface area is 102 Å². The lowest BCUT2D eigenvalue weighted by Crippen LogP contribution is -2.25. The second kappa shape index (κ2) is 5.64. The first-order chi connectivity index (χ1) is 8.24. The molecule has 3 heteroatoms. The molecule has 1 heterocycles. The van der Waals surface area contributed by atoms with Crippen LogP contribution in [-0.4, -0.2) is 10.7 Å². The molecular weight excluding hydrogens is 212 g/mol. The molecule has 90 valence electrons. The van der Waals surface area contributed by atoms with E-state index in [0.29, 0.717) is 6.61 Å². The van der Waals surface area contributed by atoms with E-state index >= 15 is 0 Å². The maximum atomic E-state index is 5.81. The monoisotopic (exact) mass is 231 g/mol. The topological polar surface area (TPSA) is 18.0 Å². The van der Waals surface area contributed by atoms with Crippen LogP contribution in [0.4, 0.5) is 0 Å². The van der Waals surface area contributed by atoms with E-state index in [4.69, 9.17) is 4.74 Å². The Morgan fingerprint density at radius 1 is 1.29 bits per heavy atom. The summed E-state index contributed by atoms with van der Waals surface area (Å²) in [5.41, 5.74) is 1.22.